The van der Waals surface area contributed by atoms with E-state index in [4.69, 9.17) is 11.5 Å². The highest BCUT2D eigenvalue weighted by Crippen LogP contribution is 2.19. The average molecular weight is 246 g/mol. The maximum absolute atomic E-state index is 5.89. The molecule has 6 nitrogen and oxygen atoms in total. The van der Waals surface area contributed by atoms with Crippen LogP contribution in [-0.2, 0) is 6.42 Å². The number of anilines is 2. The van der Waals surface area contributed by atoms with Gasteiger partial charge in [-0.25, -0.2) is 0 Å². The second-order valence-corrected chi connectivity index (χ2v) is 4.61. The van der Waals surface area contributed by atoms with Gasteiger partial charge in [0.2, 0.25) is 10.1 Å². The standard InChI is InChI=1S/C10H10N6S/c11-7-4-2-1-3-6(7)5-8-13-14-10-16(8)15-9(12)17-10/h1-4H,5,11H2,(H2,12,15). The molecule has 0 aliphatic carbocycles. The van der Waals surface area contributed by atoms with Crippen molar-refractivity contribution in [3.63, 3.8) is 0 Å². The van der Waals surface area contributed by atoms with Crippen molar-refractivity contribution in [2.24, 2.45) is 0 Å². The smallest absolute Gasteiger partial charge is 0.236 e. The van der Waals surface area contributed by atoms with Crippen molar-refractivity contribution in [3.05, 3.63) is 35.7 Å². The van der Waals surface area contributed by atoms with Gasteiger partial charge in [0.25, 0.3) is 0 Å². The summed E-state index contributed by atoms with van der Waals surface area (Å²) in [5, 5.41) is 12.7. The number of para-hydroxylation sites is 1. The minimum absolute atomic E-state index is 0.484. The number of benzene rings is 1. The van der Waals surface area contributed by atoms with Crippen LogP contribution in [-0.4, -0.2) is 19.8 Å². The summed E-state index contributed by atoms with van der Waals surface area (Å²) < 4.78 is 1.66. The Morgan fingerprint density at radius 2 is 2.00 bits per heavy atom. The summed E-state index contributed by atoms with van der Waals surface area (Å²) in [7, 11) is 0. The van der Waals surface area contributed by atoms with Gasteiger partial charge in [-0.3, -0.25) is 0 Å². The van der Waals surface area contributed by atoms with Crippen LogP contribution in [0.2, 0.25) is 0 Å². The predicted molar refractivity (Wildman–Crippen MR) is 66.7 cm³/mol. The number of hydrogen-bond acceptors (Lipinski definition) is 6. The quantitative estimate of drug-likeness (QED) is 0.656. The molecule has 86 valence electrons. The van der Waals surface area contributed by atoms with E-state index in [9.17, 15) is 0 Å². The lowest BCUT2D eigenvalue weighted by atomic mass is 10.1. The molecule has 0 aliphatic rings. The SMILES string of the molecule is Nc1nn2c(Cc3ccccc3N)nnc2s1. The van der Waals surface area contributed by atoms with E-state index in [-0.39, 0.29) is 0 Å². The van der Waals surface area contributed by atoms with Crippen LogP contribution in [0.5, 0.6) is 0 Å². The third-order valence-electron chi connectivity index (χ3n) is 2.47. The first-order chi connectivity index (χ1) is 8.24. The summed E-state index contributed by atoms with van der Waals surface area (Å²) in [4.78, 5) is 0.701. The van der Waals surface area contributed by atoms with Crippen LogP contribution in [0.25, 0.3) is 4.96 Å². The van der Waals surface area contributed by atoms with Gasteiger partial charge in [0.15, 0.2) is 5.82 Å². The van der Waals surface area contributed by atoms with Crippen molar-refractivity contribution in [2.75, 3.05) is 11.5 Å². The highest BCUT2D eigenvalue weighted by Gasteiger charge is 2.11. The summed E-state index contributed by atoms with van der Waals surface area (Å²) in [5.41, 5.74) is 13.3. The fourth-order valence-corrected chi connectivity index (χ4v) is 2.27. The molecule has 17 heavy (non-hydrogen) atoms. The molecule has 0 bridgehead atoms. The van der Waals surface area contributed by atoms with E-state index in [0.717, 1.165) is 17.1 Å². The first kappa shape index (κ1) is 10.0. The van der Waals surface area contributed by atoms with Gasteiger partial charge in [-0.2, -0.15) is 4.52 Å². The van der Waals surface area contributed by atoms with Crippen LogP contribution >= 0.6 is 11.3 Å². The zero-order chi connectivity index (χ0) is 11.8. The highest BCUT2D eigenvalue weighted by molar-refractivity contribution is 7.20. The van der Waals surface area contributed by atoms with Crippen molar-refractivity contribution >= 4 is 27.1 Å². The van der Waals surface area contributed by atoms with Crippen LogP contribution in [0, 0.1) is 0 Å². The molecule has 0 aliphatic heterocycles. The van der Waals surface area contributed by atoms with Gasteiger partial charge in [-0.1, -0.05) is 29.5 Å². The zero-order valence-corrected chi connectivity index (χ0v) is 9.68. The second-order valence-electron chi connectivity index (χ2n) is 3.63. The fraction of sp³-hybridized carbons (Fsp3) is 0.100. The Bertz CT molecular complexity index is 670. The van der Waals surface area contributed by atoms with Crippen molar-refractivity contribution in [1.82, 2.24) is 19.8 Å². The molecular formula is C10H10N6S. The number of hydrogen-bond donors (Lipinski definition) is 2. The maximum Gasteiger partial charge on any atom is 0.236 e. The lowest BCUT2D eigenvalue weighted by Gasteiger charge is -2.02. The van der Waals surface area contributed by atoms with E-state index in [2.05, 4.69) is 15.3 Å². The van der Waals surface area contributed by atoms with Gasteiger partial charge in [0.05, 0.1) is 0 Å². The van der Waals surface area contributed by atoms with Crippen molar-refractivity contribution in [2.45, 2.75) is 6.42 Å². The molecule has 3 rings (SSSR count). The molecular weight excluding hydrogens is 236 g/mol. The summed E-state index contributed by atoms with van der Waals surface area (Å²) in [6.07, 6.45) is 0.594. The largest absolute Gasteiger partial charge is 0.398 e. The van der Waals surface area contributed by atoms with Gasteiger partial charge in [-0.15, -0.1) is 15.3 Å². The molecule has 0 unspecified atom stereocenters. The predicted octanol–water partition coefficient (Wildman–Crippen LogP) is 0.941. The highest BCUT2D eigenvalue weighted by atomic mass is 32.1. The molecule has 0 saturated heterocycles. The number of nitrogens with zero attached hydrogens (tertiary/aromatic N) is 4. The van der Waals surface area contributed by atoms with Crippen LogP contribution < -0.4 is 11.5 Å². The van der Waals surface area contributed by atoms with E-state index in [0.29, 0.717) is 16.5 Å². The third kappa shape index (κ3) is 1.70. The molecule has 0 fully saturated rings. The maximum atomic E-state index is 5.89. The minimum atomic E-state index is 0.484. The molecule has 7 heteroatoms. The minimum Gasteiger partial charge on any atom is -0.398 e. The molecule has 4 N–H and O–H groups in total. The molecule has 0 atom stereocenters. The summed E-state index contributed by atoms with van der Waals surface area (Å²) in [6, 6.07) is 7.67. The number of nitrogen functional groups attached to an aromatic ring is 2. The van der Waals surface area contributed by atoms with E-state index >= 15 is 0 Å². The van der Waals surface area contributed by atoms with Crippen molar-refractivity contribution < 1.29 is 0 Å². The van der Waals surface area contributed by atoms with Gasteiger partial charge >= 0.3 is 0 Å². The normalized spacial score (nSPS) is 11.1. The Labute approximate surface area is 101 Å². The molecule has 3 aromatic rings. The van der Waals surface area contributed by atoms with Crippen molar-refractivity contribution in [1.29, 1.82) is 0 Å². The topological polar surface area (TPSA) is 95.1 Å². The third-order valence-corrected chi connectivity index (χ3v) is 3.20. The average Bonchev–Trinajstić information content (AvgIpc) is 2.82. The lowest BCUT2D eigenvalue weighted by molar-refractivity contribution is 0.856. The summed E-state index contributed by atoms with van der Waals surface area (Å²) in [5.74, 6) is 0.742. The number of nitrogens with two attached hydrogens (primary N) is 2. The molecule has 2 heterocycles. The Morgan fingerprint density at radius 3 is 2.82 bits per heavy atom. The van der Waals surface area contributed by atoms with Crippen molar-refractivity contribution in [3.8, 4) is 0 Å². The van der Waals surface area contributed by atoms with E-state index in [1.807, 2.05) is 24.3 Å². The van der Waals surface area contributed by atoms with Gasteiger partial charge in [-0.05, 0) is 11.6 Å². The van der Waals surface area contributed by atoms with Crippen LogP contribution in [0.3, 0.4) is 0 Å². The molecule has 0 radical (unpaired) electrons. The fourth-order valence-electron chi connectivity index (χ4n) is 1.65. The Hall–Kier alpha value is -2.15. The van der Waals surface area contributed by atoms with E-state index in [1.165, 1.54) is 11.3 Å². The molecule has 0 saturated carbocycles. The van der Waals surface area contributed by atoms with Gasteiger partial charge < -0.3 is 11.5 Å². The first-order valence-corrected chi connectivity index (χ1v) is 5.85. The number of fused-ring (bicyclic) bond motifs is 1. The number of rotatable bonds is 2. The van der Waals surface area contributed by atoms with Crippen LogP contribution in [0.1, 0.15) is 11.4 Å². The van der Waals surface area contributed by atoms with Gasteiger partial charge in [0.1, 0.15) is 0 Å². The Balaban J connectivity index is 2.02. The van der Waals surface area contributed by atoms with Gasteiger partial charge in [0, 0.05) is 12.1 Å². The molecule has 0 spiro atoms. The Morgan fingerprint density at radius 1 is 1.18 bits per heavy atom. The van der Waals surface area contributed by atoms with Crippen LogP contribution in [0.4, 0.5) is 10.8 Å². The monoisotopic (exact) mass is 246 g/mol. The van der Waals surface area contributed by atoms with E-state index < -0.39 is 0 Å². The molecule has 2 aromatic heterocycles. The second kappa shape index (κ2) is 3.70. The van der Waals surface area contributed by atoms with Crippen LogP contribution in [0.15, 0.2) is 24.3 Å². The number of aromatic nitrogens is 4. The summed E-state index contributed by atoms with van der Waals surface area (Å²) in [6.45, 7) is 0. The zero-order valence-electron chi connectivity index (χ0n) is 8.87. The Kier molecular flexibility index (Phi) is 2.19. The first-order valence-electron chi connectivity index (χ1n) is 5.04. The molecule has 1 aromatic carbocycles. The molecule has 0 amide bonds. The summed E-state index contributed by atoms with van der Waals surface area (Å²) >= 11 is 1.31. The lowest BCUT2D eigenvalue weighted by Crippen LogP contribution is -2.01. The van der Waals surface area contributed by atoms with E-state index in [1.54, 1.807) is 4.52 Å².